The summed E-state index contributed by atoms with van der Waals surface area (Å²) in [5.41, 5.74) is 0. The van der Waals surface area contributed by atoms with Crippen molar-refractivity contribution in [2.75, 3.05) is 26.8 Å². The van der Waals surface area contributed by atoms with E-state index in [4.69, 9.17) is 9.47 Å². The number of nitrogens with zero attached hydrogens (tertiary/aromatic N) is 1. The first-order chi connectivity index (χ1) is 29.2. The van der Waals surface area contributed by atoms with E-state index < -0.39 is 0 Å². The molecule has 1 N–H and O–H groups in total. The first-order valence-electron chi connectivity index (χ1n) is 26.5. The Morgan fingerprint density at radius 2 is 0.750 bits per heavy atom. The molecule has 0 fully saturated rings. The van der Waals surface area contributed by atoms with Crippen LogP contribution in [0.3, 0.4) is 0 Å². The summed E-state index contributed by atoms with van der Waals surface area (Å²) in [4.78, 5) is 39.7. The maximum absolute atomic E-state index is 12.9. The molecule has 0 bridgehead atoms. The van der Waals surface area contributed by atoms with Gasteiger partial charge in [0, 0.05) is 24.9 Å². The molecule has 356 valence electrons. The number of carbonyl (C=O) groups excluding carboxylic acids is 3. The largest absolute Gasteiger partial charge is 0.466 e. The van der Waals surface area contributed by atoms with E-state index in [1.165, 1.54) is 154 Å². The van der Waals surface area contributed by atoms with Crippen LogP contribution in [-0.2, 0) is 23.9 Å². The highest BCUT2D eigenvalue weighted by Crippen LogP contribution is 2.23. The summed E-state index contributed by atoms with van der Waals surface area (Å²) in [6.45, 7) is 14.9. The van der Waals surface area contributed by atoms with Crippen molar-refractivity contribution in [1.82, 2.24) is 10.2 Å². The number of hydrogen-bond donors (Lipinski definition) is 1. The Morgan fingerprint density at radius 3 is 1.08 bits per heavy atom. The number of nitrogens with one attached hydrogen (secondary N) is 1. The van der Waals surface area contributed by atoms with E-state index in [0.29, 0.717) is 50.5 Å². The molecule has 0 aromatic heterocycles. The van der Waals surface area contributed by atoms with E-state index in [9.17, 15) is 14.4 Å². The van der Waals surface area contributed by atoms with Gasteiger partial charge in [-0.05, 0) is 71.3 Å². The molecule has 0 aliphatic carbocycles. The van der Waals surface area contributed by atoms with Gasteiger partial charge in [0.05, 0.1) is 19.8 Å². The Bertz CT molecular complexity index is 878. The van der Waals surface area contributed by atoms with Crippen molar-refractivity contribution >= 4 is 17.8 Å². The highest BCUT2D eigenvalue weighted by atomic mass is 16.5. The van der Waals surface area contributed by atoms with Crippen molar-refractivity contribution in [2.45, 2.75) is 285 Å². The van der Waals surface area contributed by atoms with Gasteiger partial charge < -0.3 is 14.8 Å². The van der Waals surface area contributed by atoms with E-state index in [2.05, 4.69) is 51.8 Å². The van der Waals surface area contributed by atoms with E-state index in [1.807, 2.05) is 7.05 Å². The molecule has 7 nitrogen and oxygen atoms in total. The molecule has 1 amide bonds. The molecule has 0 atom stereocenters. The summed E-state index contributed by atoms with van der Waals surface area (Å²) in [5, 5.41) is 3.38. The molecule has 0 unspecified atom stereocenters. The van der Waals surface area contributed by atoms with Crippen LogP contribution in [0, 0.1) is 11.8 Å². The number of unbranched alkanes of at least 4 members (excludes halogenated alkanes) is 20. The van der Waals surface area contributed by atoms with Crippen molar-refractivity contribution in [1.29, 1.82) is 0 Å². The summed E-state index contributed by atoms with van der Waals surface area (Å²) < 4.78 is 11.3. The van der Waals surface area contributed by atoms with Crippen LogP contribution in [-0.4, -0.2) is 61.6 Å². The topological polar surface area (TPSA) is 84.9 Å². The van der Waals surface area contributed by atoms with Crippen LogP contribution in [0.4, 0.5) is 0 Å². The Morgan fingerprint density at radius 1 is 0.433 bits per heavy atom. The van der Waals surface area contributed by atoms with Gasteiger partial charge in [-0.15, -0.1) is 0 Å². The van der Waals surface area contributed by atoms with Crippen LogP contribution >= 0.6 is 0 Å². The first kappa shape index (κ1) is 58.4. The Hall–Kier alpha value is -1.63. The van der Waals surface area contributed by atoms with Gasteiger partial charge in [-0.25, -0.2) is 0 Å². The summed E-state index contributed by atoms with van der Waals surface area (Å²) in [6, 6.07) is 0.599. The molecular formula is C53H104N2O5. The number of amides is 1. The van der Waals surface area contributed by atoms with E-state index >= 15 is 0 Å². The zero-order valence-electron chi connectivity index (χ0n) is 41.4. The highest BCUT2D eigenvalue weighted by Gasteiger charge is 2.16. The van der Waals surface area contributed by atoms with Crippen LogP contribution in [0.5, 0.6) is 0 Å². The standard InChI is InChI=1S/C53H104N2O5/c1-8-12-26-34-48(35-27-13-9-2)42-44-59-52(57)40-32-24-20-16-18-22-30-38-50(54-51(56)46-55(7)47(5)6)39-31-23-19-17-21-25-33-41-53(58)60-45-43-49(36-28-14-10-3)37-29-15-11-4/h47-50H,8-46H2,1-7H3,(H,54,56). The predicted molar refractivity (Wildman–Crippen MR) is 258 cm³/mol. The van der Waals surface area contributed by atoms with Crippen LogP contribution in [0.2, 0.25) is 0 Å². The quantitative estimate of drug-likeness (QED) is 0.0485. The lowest BCUT2D eigenvalue weighted by atomic mass is 9.92. The zero-order valence-corrected chi connectivity index (χ0v) is 41.4. The third-order valence-electron chi connectivity index (χ3n) is 12.9. The average molecular weight is 849 g/mol. The Balaban J connectivity index is 4.25. The number of likely N-dealkylation sites (N-methyl/N-ethyl adjacent to an activating group) is 1. The van der Waals surface area contributed by atoms with Gasteiger partial charge in [-0.3, -0.25) is 19.3 Å². The van der Waals surface area contributed by atoms with E-state index in [0.717, 1.165) is 64.2 Å². The molecule has 0 spiro atoms. The van der Waals surface area contributed by atoms with Gasteiger partial charge in [0.15, 0.2) is 0 Å². The molecule has 0 saturated carbocycles. The van der Waals surface area contributed by atoms with E-state index in [1.54, 1.807) is 0 Å². The maximum Gasteiger partial charge on any atom is 0.305 e. The highest BCUT2D eigenvalue weighted by molar-refractivity contribution is 5.78. The van der Waals surface area contributed by atoms with Gasteiger partial charge in [0.25, 0.3) is 0 Å². The second-order valence-electron chi connectivity index (χ2n) is 19.0. The lowest BCUT2D eigenvalue weighted by Crippen LogP contribution is -2.42. The van der Waals surface area contributed by atoms with Crippen molar-refractivity contribution in [3.8, 4) is 0 Å². The van der Waals surface area contributed by atoms with Crippen LogP contribution in [0.15, 0.2) is 0 Å². The fourth-order valence-corrected chi connectivity index (χ4v) is 8.48. The molecule has 0 aliphatic rings. The predicted octanol–water partition coefficient (Wildman–Crippen LogP) is 15.3. The molecular weight excluding hydrogens is 745 g/mol. The fraction of sp³-hybridized carbons (Fsp3) is 0.943. The Labute approximate surface area is 374 Å². The average Bonchev–Trinajstić information content (AvgIpc) is 3.22. The first-order valence-corrected chi connectivity index (χ1v) is 26.5. The van der Waals surface area contributed by atoms with Crippen molar-refractivity contribution < 1.29 is 23.9 Å². The van der Waals surface area contributed by atoms with Crippen LogP contribution in [0.1, 0.15) is 273 Å². The third-order valence-corrected chi connectivity index (χ3v) is 12.9. The zero-order chi connectivity index (χ0) is 44.3. The minimum absolute atomic E-state index is 0.0118. The molecule has 0 aliphatic heterocycles. The van der Waals surface area contributed by atoms with E-state index in [-0.39, 0.29) is 23.9 Å². The number of ether oxygens (including phenoxy) is 2. The van der Waals surface area contributed by atoms with Gasteiger partial charge in [0.1, 0.15) is 0 Å². The SMILES string of the molecule is CCCCCC(CCCCC)CCOC(=O)CCCCCCCCCC(CCCCCCCCCC(=O)OCCC(CCCCC)CCCCC)NC(=O)CN(C)C(C)C. The summed E-state index contributed by atoms with van der Waals surface area (Å²) in [5.74, 6) is 1.54. The molecule has 0 radical (unpaired) electrons. The maximum atomic E-state index is 12.9. The van der Waals surface area contributed by atoms with Crippen molar-refractivity contribution in [3.05, 3.63) is 0 Å². The Kier molecular flexibility index (Phi) is 42.8. The molecule has 0 heterocycles. The molecule has 0 saturated heterocycles. The molecule has 0 rings (SSSR count). The summed E-state index contributed by atoms with van der Waals surface area (Å²) >= 11 is 0. The third kappa shape index (κ3) is 39.2. The lowest BCUT2D eigenvalue weighted by Gasteiger charge is -2.23. The number of esters is 2. The van der Waals surface area contributed by atoms with Gasteiger partial charge in [-0.2, -0.15) is 0 Å². The normalized spacial score (nSPS) is 11.8. The minimum atomic E-state index is -0.0118. The number of rotatable bonds is 46. The second-order valence-corrected chi connectivity index (χ2v) is 19.0. The minimum Gasteiger partial charge on any atom is -0.466 e. The van der Waals surface area contributed by atoms with Crippen molar-refractivity contribution in [2.24, 2.45) is 11.8 Å². The lowest BCUT2D eigenvalue weighted by molar-refractivity contribution is -0.145. The monoisotopic (exact) mass is 849 g/mol. The van der Waals surface area contributed by atoms with Crippen LogP contribution in [0.25, 0.3) is 0 Å². The van der Waals surface area contributed by atoms with Gasteiger partial charge >= 0.3 is 11.9 Å². The second kappa shape index (κ2) is 44.0. The van der Waals surface area contributed by atoms with Crippen LogP contribution < -0.4 is 5.32 Å². The number of carbonyl (C=O) groups is 3. The van der Waals surface area contributed by atoms with Gasteiger partial charge in [0.2, 0.25) is 5.91 Å². The summed E-state index contributed by atoms with van der Waals surface area (Å²) in [7, 11) is 2.02. The van der Waals surface area contributed by atoms with Crippen molar-refractivity contribution in [3.63, 3.8) is 0 Å². The van der Waals surface area contributed by atoms with Gasteiger partial charge in [-0.1, -0.05) is 207 Å². The molecule has 0 aromatic carbocycles. The smallest absolute Gasteiger partial charge is 0.305 e. The summed E-state index contributed by atoms with van der Waals surface area (Å²) in [6.07, 6.45) is 41.9. The molecule has 0 aromatic rings. The fourth-order valence-electron chi connectivity index (χ4n) is 8.48. The molecule has 60 heavy (non-hydrogen) atoms. The molecule has 7 heteroatoms. The number of hydrogen-bond acceptors (Lipinski definition) is 6.